The lowest BCUT2D eigenvalue weighted by molar-refractivity contribution is -0.298. The summed E-state index contributed by atoms with van der Waals surface area (Å²) < 4.78 is 47.5. The molecule has 13 nitrogen and oxygen atoms in total. The summed E-state index contributed by atoms with van der Waals surface area (Å²) in [5, 5.41) is 55.2. The minimum atomic E-state index is -5.11. The minimum Gasteiger partial charge on any atom is -0.394 e. The van der Waals surface area contributed by atoms with Crippen molar-refractivity contribution in [2.75, 3.05) is 13.2 Å². The van der Waals surface area contributed by atoms with Crippen LogP contribution in [-0.2, 0) is 28.9 Å². The van der Waals surface area contributed by atoms with Gasteiger partial charge >= 0.3 is 10.4 Å². The zero-order chi connectivity index (χ0) is 44.3. The molecule has 354 valence electrons. The third kappa shape index (κ3) is 29.0. The zero-order valence-corrected chi connectivity index (χ0v) is 38.2. The van der Waals surface area contributed by atoms with Crippen LogP contribution in [-0.4, -0.2) is 107 Å². The van der Waals surface area contributed by atoms with E-state index in [9.17, 15) is 43.3 Å². The third-order valence-electron chi connectivity index (χ3n) is 11.4. The summed E-state index contributed by atoms with van der Waals surface area (Å²) >= 11 is 0. The number of allylic oxidation sites excluding steroid dienone is 3. The molecule has 0 aromatic heterocycles. The summed E-state index contributed by atoms with van der Waals surface area (Å²) in [6.45, 7) is 3.23. The van der Waals surface area contributed by atoms with Crippen molar-refractivity contribution in [1.82, 2.24) is 5.32 Å². The van der Waals surface area contributed by atoms with Crippen LogP contribution in [0.15, 0.2) is 24.3 Å². The van der Waals surface area contributed by atoms with Crippen molar-refractivity contribution < 1.29 is 57.0 Å². The summed E-state index contributed by atoms with van der Waals surface area (Å²) in [4.78, 5) is 13.1. The summed E-state index contributed by atoms with van der Waals surface area (Å²) in [5.74, 6) is -0.736. The van der Waals surface area contributed by atoms with Crippen molar-refractivity contribution in [3.63, 3.8) is 0 Å². The van der Waals surface area contributed by atoms with Gasteiger partial charge in [0.15, 0.2) is 6.29 Å². The Hall–Kier alpha value is -1.46. The number of carbonyl (C=O) groups is 1. The molecule has 1 rings (SSSR count). The van der Waals surface area contributed by atoms with Crippen LogP contribution in [0.3, 0.4) is 0 Å². The first-order valence-electron chi connectivity index (χ1n) is 23.8. The largest absolute Gasteiger partial charge is 0.397 e. The van der Waals surface area contributed by atoms with Gasteiger partial charge in [-0.2, -0.15) is 8.42 Å². The lowest BCUT2D eigenvalue weighted by atomic mass is 9.99. The van der Waals surface area contributed by atoms with E-state index in [-0.39, 0.29) is 6.42 Å². The Kier molecular flexibility index (Phi) is 34.8. The monoisotopic (exact) mass is 878 g/mol. The van der Waals surface area contributed by atoms with Crippen LogP contribution < -0.4 is 5.32 Å². The van der Waals surface area contributed by atoms with Gasteiger partial charge in [0.2, 0.25) is 5.91 Å². The van der Waals surface area contributed by atoms with Crippen molar-refractivity contribution in [2.24, 2.45) is 0 Å². The summed E-state index contributed by atoms with van der Waals surface area (Å²) in [7, 11) is -5.11. The number of hydrogen-bond donors (Lipinski definition) is 7. The van der Waals surface area contributed by atoms with E-state index in [0.29, 0.717) is 19.3 Å². The van der Waals surface area contributed by atoms with Gasteiger partial charge in [0.1, 0.15) is 30.5 Å². The first-order valence-corrected chi connectivity index (χ1v) is 25.2. The molecule has 8 atom stereocenters. The number of amides is 1. The van der Waals surface area contributed by atoms with Gasteiger partial charge in [-0.05, 0) is 25.7 Å². The van der Waals surface area contributed by atoms with Crippen LogP contribution in [0.5, 0.6) is 0 Å². The molecular weight excluding hydrogens is 791 g/mol. The van der Waals surface area contributed by atoms with Crippen LogP contribution in [0.1, 0.15) is 200 Å². The van der Waals surface area contributed by atoms with Gasteiger partial charge < -0.3 is 40.3 Å². The lowest BCUT2D eigenvalue weighted by Gasteiger charge is -2.41. The molecule has 0 radical (unpaired) electrons. The van der Waals surface area contributed by atoms with Gasteiger partial charge in [-0.15, -0.1) is 0 Å². The zero-order valence-electron chi connectivity index (χ0n) is 37.4. The van der Waals surface area contributed by atoms with E-state index < -0.39 is 78.5 Å². The number of aliphatic hydroxyl groups excluding tert-OH is 5. The van der Waals surface area contributed by atoms with Crippen LogP contribution in [0, 0.1) is 0 Å². The molecular formula is C46H87NO12S. The topological polar surface area (TPSA) is 212 Å². The molecule has 1 heterocycles. The van der Waals surface area contributed by atoms with E-state index in [1.54, 1.807) is 6.08 Å². The van der Waals surface area contributed by atoms with Crippen molar-refractivity contribution in [1.29, 1.82) is 0 Å². The molecule has 1 fully saturated rings. The summed E-state index contributed by atoms with van der Waals surface area (Å²) in [6.07, 6.45) is 29.6. The maximum absolute atomic E-state index is 13.1. The maximum Gasteiger partial charge on any atom is 0.397 e. The first kappa shape index (κ1) is 56.6. The number of aliphatic hydroxyl groups is 5. The number of rotatable bonds is 40. The highest BCUT2D eigenvalue weighted by Gasteiger charge is 2.48. The van der Waals surface area contributed by atoms with E-state index >= 15 is 0 Å². The van der Waals surface area contributed by atoms with Gasteiger partial charge in [-0.25, -0.2) is 4.18 Å². The van der Waals surface area contributed by atoms with Crippen molar-refractivity contribution in [3.05, 3.63) is 24.3 Å². The average Bonchev–Trinajstić information content (AvgIpc) is 3.22. The Morgan fingerprint density at radius 1 is 0.683 bits per heavy atom. The minimum absolute atomic E-state index is 0.0508. The Labute approximate surface area is 364 Å². The number of hydrogen-bond acceptors (Lipinski definition) is 11. The molecule has 0 bridgehead atoms. The average molecular weight is 878 g/mol. The van der Waals surface area contributed by atoms with Crippen LogP contribution in [0.25, 0.3) is 0 Å². The van der Waals surface area contributed by atoms with Crippen LogP contribution in [0.2, 0.25) is 0 Å². The number of unbranched alkanes of at least 4 members (excludes halogenated alkanes) is 24. The Balaban J connectivity index is 2.56. The molecule has 8 unspecified atom stereocenters. The predicted octanol–water partition coefficient (Wildman–Crippen LogP) is 8.30. The van der Waals surface area contributed by atoms with Crippen molar-refractivity contribution in [2.45, 2.75) is 249 Å². The fourth-order valence-electron chi connectivity index (χ4n) is 7.57. The van der Waals surface area contributed by atoms with Crippen molar-refractivity contribution in [3.8, 4) is 0 Å². The molecule has 1 amide bonds. The van der Waals surface area contributed by atoms with E-state index in [2.05, 4.69) is 35.5 Å². The lowest BCUT2D eigenvalue weighted by Crippen LogP contribution is -2.61. The fraction of sp³-hybridized carbons (Fsp3) is 0.891. The second-order valence-corrected chi connectivity index (χ2v) is 17.9. The van der Waals surface area contributed by atoms with Crippen molar-refractivity contribution >= 4 is 16.3 Å². The van der Waals surface area contributed by atoms with E-state index in [4.69, 9.17) is 9.47 Å². The normalized spacial score (nSPS) is 21.5. The Morgan fingerprint density at radius 2 is 1.15 bits per heavy atom. The molecule has 0 aromatic rings. The Bertz CT molecular complexity index is 1190. The highest BCUT2D eigenvalue weighted by Crippen LogP contribution is 2.26. The molecule has 1 aliphatic rings. The molecule has 14 heteroatoms. The molecule has 1 saturated heterocycles. The smallest absolute Gasteiger partial charge is 0.394 e. The highest BCUT2D eigenvalue weighted by atomic mass is 32.3. The van der Waals surface area contributed by atoms with Gasteiger partial charge in [-0.3, -0.25) is 9.35 Å². The van der Waals surface area contributed by atoms with E-state index in [0.717, 1.165) is 32.1 Å². The Morgan fingerprint density at radius 3 is 1.63 bits per heavy atom. The van der Waals surface area contributed by atoms with Gasteiger partial charge in [-0.1, -0.05) is 192 Å². The molecule has 0 saturated carbocycles. The van der Waals surface area contributed by atoms with Crippen LogP contribution >= 0.6 is 0 Å². The molecule has 0 aromatic carbocycles. The van der Waals surface area contributed by atoms with Crippen LogP contribution in [0.4, 0.5) is 0 Å². The SMILES string of the molecule is CCCCCCCC/C=C\C/C=C\CC(O)C(=O)NC(COC1OC(CO)C(O)C(OS(=O)(=O)O)C1O)C(O)CCCCCCCCCCCCCCCCCCCCC. The summed E-state index contributed by atoms with van der Waals surface area (Å²) in [6, 6.07) is -1.06. The fourth-order valence-corrected chi connectivity index (χ4v) is 8.08. The van der Waals surface area contributed by atoms with Gasteiger partial charge in [0, 0.05) is 6.42 Å². The molecule has 0 spiro atoms. The number of carbonyl (C=O) groups excluding carboxylic acids is 1. The highest BCUT2D eigenvalue weighted by molar-refractivity contribution is 7.80. The molecule has 1 aliphatic heterocycles. The van der Waals surface area contributed by atoms with E-state index in [1.807, 2.05) is 6.08 Å². The first-order chi connectivity index (χ1) is 28.9. The molecule has 0 aliphatic carbocycles. The maximum atomic E-state index is 13.1. The van der Waals surface area contributed by atoms with Gasteiger partial charge in [0.25, 0.3) is 0 Å². The number of nitrogens with one attached hydrogen (secondary N) is 1. The van der Waals surface area contributed by atoms with E-state index in [1.165, 1.54) is 128 Å². The second kappa shape index (κ2) is 37.0. The molecule has 60 heavy (non-hydrogen) atoms. The summed E-state index contributed by atoms with van der Waals surface area (Å²) in [5.41, 5.74) is 0. The predicted molar refractivity (Wildman–Crippen MR) is 238 cm³/mol. The quantitative estimate of drug-likeness (QED) is 0.0176. The standard InChI is InChI=1S/C46H87NO12S/c1-3-5-7-9-11-13-15-17-18-19-20-21-22-23-25-26-28-30-32-34-39(49)38(37-57-46-43(52)44(59-60(54,55)56)42(51)41(36-48)58-46)47-45(53)40(50)35-33-31-29-27-24-16-14-12-10-8-6-4-2/h24,27,31,33,38-44,46,48-52H,3-23,25-26,28-30,32,34-37H2,1-2H3,(H,47,53)(H,54,55,56)/b27-24-,33-31-. The second-order valence-electron chi connectivity index (χ2n) is 16.9. The third-order valence-corrected chi connectivity index (χ3v) is 11.8. The molecule has 7 N–H and O–H groups in total. The van der Waals surface area contributed by atoms with Gasteiger partial charge in [0.05, 0.1) is 25.4 Å². The number of ether oxygens (including phenoxy) is 2.